The third-order valence-corrected chi connectivity index (χ3v) is 8.40. The van der Waals surface area contributed by atoms with Gasteiger partial charge in [0.15, 0.2) is 17.4 Å². The Balaban J connectivity index is 1.60. The van der Waals surface area contributed by atoms with Crippen LogP contribution in [0.25, 0.3) is 11.4 Å². The summed E-state index contributed by atoms with van der Waals surface area (Å²) in [7, 11) is -3.71. The van der Waals surface area contributed by atoms with E-state index >= 15 is 0 Å². The van der Waals surface area contributed by atoms with Gasteiger partial charge in [-0.15, -0.1) is 0 Å². The summed E-state index contributed by atoms with van der Waals surface area (Å²) in [5.74, 6) is 1.97. The van der Waals surface area contributed by atoms with Crippen molar-refractivity contribution in [1.82, 2.24) is 14.7 Å². The number of hydrogen-bond donors (Lipinski definition) is 4. The largest absolute Gasteiger partial charge is 0.503 e. The monoisotopic (exact) mass is 485 g/mol. The molecule has 1 aromatic carbocycles. The Bertz CT molecular complexity index is 1170. The molecule has 1 aromatic heterocycles. The first kappa shape index (κ1) is 24.6. The predicted octanol–water partition coefficient (Wildman–Crippen LogP) is 4.57. The smallest absolute Gasteiger partial charge is 0.241 e. The lowest BCUT2D eigenvalue weighted by Gasteiger charge is -2.40. The van der Waals surface area contributed by atoms with Crippen LogP contribution < -0.4 is 10.0 Å². The Morgan fingerprint density at radius 3 is 2.56 bits per heavy atom. The average Bonchev–Trinajstić information content (AvgIpc) is 3.58. The zero-order valence-electron chi connectivity index (χ0n) is 20.3. The van der Waals surface area contributed by atoms with E-state index in [9.17, 15) is 13.5 Å². The highest BCUT2D eigenvalue weighted by atomic mass is 32.2. The van der Waals surface area contributed by atoms with Crippen molar-refractivity contribution in [2.75, 3.05) is 5.32 Å². The standard InChI is InChI=1S/C25H35N5O3S/c1-15-8-11-19(15)21(13-20(26)16-9-10-16)28-24-22(31)14-27-23(29-24)17-6-5-7-18(12-17)34(32,33)30-25(2,3)4/h5-7,12,14-16,19,21,26,30-31H,8-11,13H2,1-4H3,(H,27,28,29). The molecule has 34 heavy (non-hydrogen) atoms. The van der Waals surface area contributed by atoms with Crippen molar-refractivity contribution in [2.24, 2.45) is 17.8 Å². The van der Waals surface area contributed by atoms with Gasteiger partial charge in [-0.2, -0.15) is 0 Å². The van der Waals surface area contributed by atoms with Gasteiger partial charge in [0.1, 0.15) is 0 Å². The Kier molecular flexibility index (Phi) is 6.70. The van der Waals surface area contributed by atoms with E-state index in [0.717, 1.165) is 25.0 Å². The normalized spacial score (nSPS) is 21.5. The summed E-state index contributed by atoms with van der Waals surface area (Å²) >= 11 is 0. The molecular formula is C25H35N5O3S. The first-order valence-corrected chi connectivity index (χ1v) is 13.5. The first-order valence-electron chi connectivity index (χ1n) is 12.0. The molecule has 2 aliphatic rings. The molecule has 9 heteroatoms. The lowest BCUT2D eigenvalue weighted by atomic mass is 9.69. The molecule has 0 amide bonds. The summed E-state index contributed by atoms with van der Waals surface area (Å²) in [5.41, 5.74) is 0.705. The Hall–Kier alpha value is -2.52. The molecule has 3 atom stereocenters. The Labute approximate surface area is 202 Å². The molecule has 8 nitrogen and oxygen atoms in total. The number of rotatable bonds is 9. The molecular weight excluding hydrogens is 450 g/mol. The Morgan fingerprint density at radius 2 is 1.97 bits per heavy atom. The van der Waals surface area contributed by atoms with Gasteiger partial charge in [-0.25, -0.2) is 23.1 Å². The van der Waals surface area contributed by atoms with Crippen molar-refractivity contribution in [3.05, 3.63) is 30.5 Å². The minimum absolute atomic E-state index is 0.0215. The van der Waals surface area contributed by atoms with Crippen LogP contribution in [0.4, 0.5) is 5.82 Å². The number of nitrogens with one attached hydrogen (secondary N) is 3. The first-order chi connectivity index (χ1) is 15.9. The highest BCUT2D eigenvalue weighted by Crippen LogP contribution is 2.41. The van der Waals surface area contributed by atoms with E-state index in [0.29, 0.717) is 41.4 Å². The van der Waals surface area contributed by atoms with Crippen LogP contribution in [0.1, 0.15) is 59.8 Å². The molecule has 0 bridgehead atoms. The van der Waals surface area contributed by atoms with Gasteiger partial charge in [0, 0.05) is 29.3 Å². The van der Waals surface area contributed by atoms with Crippen LogP contribution in [-0.4, -0.2) is 40.8 Å². The number of anilines is 1. The second-order valence-electron chi connectivity index (χ2n) is 10.8. The van der Waals surface area contributed by atoms with Crippen LogP contribution in [0.15, 0.2) is 35.4 Å². The second kappa shape index (κ2) is 9.26. The number of benzene rings is 1. The third kappa shape index (κ3) is 5.75. The molecule has 1 heterocycles. The van der Waals surface area contributed by atoms with E-state index in [1.165, 1.54) is 18.7 Å². The zero-order chi connectivity index (χ0) is 24.7. The molecule has 2 fully saturated rings. The molecule has 2 aliphatic carbocycles. The van der Waals surface area contributed by atoms with Gasteiger partial charge in [0.05, 0.1) is 11.1 Å². The summed E-state index contributed by atoms with van der Waals surface area (Å²) in [4.78, 5) is 8.93. The van der Waals surface area contributed by atoms with Gasteiger partial charge in [0.25, 0.3) is 0 Å². The molecule has 3 unspecified atom stereocenters. The van der Waals surface area contributed by atoms with Crippen molar-refractivity contribution in [3.8, 4) is 17.1 Å². The fraction of sp³-hybridized carbons (Fsp3) is 0.560. The summed E-state index contributed by atoms with van der Waals surface area (Å²) in [6.07, 6.45) is 6.44. The van der Waals surface area contributed by atoms with E-state index < -0.39 is 15.6 Å². The van der Waals surface area contributed by atoms with E-state index in [2.05, 4.69) is 26.9 Å². The maximum Gasteiger partial charge on any atom is 0.241 e. The molecule has 0 saturated heterocycles. The Morgan fingerprint density at radius 1 is 1.24 bits per heavy atom. The number of aromatic nitrogens is 2. The molecule has 0 radical (unpaired) electrons. The minimum Gasteiger partial charge on any atom is -0.503 e. The van der Waals surface area contributed by atoms with Crippen molar-refractivity contribution in [1.29, 1.82) is 5.41 Å². The molecule has 184 valence electrons. The van der Waals surface area contributed by atoms with Gasteiger partial charge < -0.3 is 15.8 Å². The van der Waals surface area contributed by atoms with Crippen LogP contribution in [0, 0.1) is 23.2 Å². The van der Waals surface area contributed by atoms with E-state index in [1.807, 2.05) is 0 Å². The van der Waals surface area contributed by atoms with E-state index in [4.69, 9.17) is 5.41 Å². The van der Waals surface area contributed by atoms with E-state index in [1.54, 1.807) is 39.0 Å². The van der Waals surface area contributed by atoms with Crippen LogP contribution in [0.5, 0.6) is 5.75 Å². The lowest BCUT2D eigenvalue weighted by Crippen LogP contribution is -2.41. The number of aromatic hydroxyl groups is 1. The fourth-order valence-electron chi connectivity index (χ4n) is 4.50. The molecule has 0 spiro atoms. The van der Waals surface area contributed by atoms with Gasteiger partial charge >= 0.3 is 0 Å². The minimum atomic E-state index is -3.71. The average molecular weight is 486 g/mol. The van der Waals surface area contributed by atoms with Gasteiger partial charge in [-0.1, -0.05) is 25.5 Å². The van der Waals surface area contributed by atoms with Crippen molar-refractivity contribution in [3.63, 3.8) is 0 Å². The molecule has 4 rings (SSSR count). The number of nitrogens with zero attached hydrogens (tertiary/aromatic N) is 2. The fourth-order valence-corrected chi connectivity index (χ4v) is 5.96. The molecule has 2 aromatic rings. The third-order valence-electron chi connectivity index (χ3n) is 6.65. The maximum atomic E-state index is 12.8. The summed E-state index contributed by atoms with van der Waals surface area (Å²) in [6, 6.07) is 6.51. The van der Waals surface area contributed by atoms with Gasteiger partial charge in [0.2, 0.25) is 10.0 Å². The van der Waals surface area contributed by atoms with Crippen LogP contribution in [0.3, 0.4) is 0 Å². The number of hydrogen-bond acceptors (Lipinski definition) is 7. The quantitative estimate of drug-likeness (QED) is 0.385. The SMILES string of the molecule is CC1CCC1C(CC(=N)C1CC1)Nc1nc(-c2cccc(S(=O)(=O)NC(C)(C)C)c2)ncc1O. The summed E-state index contributed by atoms with van der Waals surface area (Å²) in [6.45, 7) is 7.60. The van der Waals surface area contributed by atoms with Crippen LogP contribution in [0.2, 0.25) is 0 Å². The molecule has 4 N–H and O–H groups in total. The van der Waals surface area contributed by atoms with E-state index in [-0.39, 0.29) is 16.7 Å². The van der Waals surface area contributed by atoms with Crippen LogP contribution >= 0.6 is 0 Å². The van der Waals surface area contributed by atoms with Crippen molar-refractivity contribution < 1.29 is 13.5 Å². The highest BCUT2D eigenvalue weighted by molar-refractivity contribution is 7.89. The molecule has 0 aliphatic heterocycles. The van der Waals surface area contributed by atoms with Crippen LogP contribution in [-0.2, 0) is 10.0 Å². The zero-order valence-corrected chi connectivity index (χ0v) is 21.1. The lowest BCUT2D eigenvalue weighted by molar-refractivity contribution is 0.171. The van der Waals surface area contributed by atoms with Gasteiger partial charge in [-0.05, 0) is 69.9 Å². The maximum absolute atomic E-state index is 12.8. The molecule has 2 saturated carbocycles. The highest BCUT2D eigenvalue weighted by Gasteiger charge is 2.37. The second-order valence-corrected chi connectivity index (χ2v) is 12.5. The van der Waals surface area contributed by atoms with Crippen molar-refractivity contribution >= 4 is 21.6 Å². The predicted molar refractivity (Wildman–Crippen MR) is 134 cm³/mol. The number of sulfonamides is 1. The summed E-state index contributed by atoms with van der Waals surface area (Å²) in [5, 5.41) is 22.3. The van der Waals surface area contributed by atoms with Crippen molar-refractivity contribution in [2.45, 2.75) is 76.3 Å². The summed E-state index contributed by atoms with van der Waals surface area (Å²) < 4.78 is 28.2. The topological polar surface area (TPSA) is 128 Å². The van der Waals surface area contributed by atoms with Gasteiger partial charge in [-0.3, -0.25) is 0 Å².